The number of nitrogens with one attached hydrogen (secondary N) is 1. The van der Waals surface area contributed by atoms with Gasteiger partial charge in [0.1, 0.15) is 23.0 Å². The molecular weight excluding hydrogens is 445 g/mol. The molecule has 0 radical (unpaired) electrons. The molecule has 3 atom stereocenters. The number of halogens is 1. The SMILES string of the molecule is Cn1ncc(NC(=O)c2csc(-c3cnc4cccnc4c3)n2)c1[C@@H]1CC[C@@H](N)[C@H](F)CO1. The van der Waals surface area contributed by atoms with Crippen LogP contribution in [0.4, 0.5) is 10.1 Å². The van der Waals surface area contributed by atoms with Gasteiger partial charge in [-0.25, -0.2) is 9.37 Å². The number of hydrogen-bond acceptors (Lipinski definition) is 8. The van der Waals surface area contributed by atoms with E-state index in [9.17, 15) is 9.18 Å². The predicted molar refractivity (Wildman–Crippen MR) is 123 cm³/mol. The van der Waals surface area contributed by atoms with Gasteiger partial charge in [-0.15, -0.1) is 11.3 Å². The van der Waals surface area contributed by atoms with Gasteiger partial charge in [0.2, 0.25) is 0 Å². The van der Waals surface area contributed by atoms with Crippen LogP contribution in [0.25, 0.3) is 21.6 Å². The van der Waals surface area contributed by atoms with Gasteiger partial charge in [0.05, 0.1) is 35.2 Å². The van der Waals surface area contributed by atoms with Crippen LogP contribution >= 0.6 is 11.3 Å². The number of rotatable bonds is 4. The molecule has 1 fully saturated rings. The third kappa shape index (κ3) is 4.34. The second-order valence-corrected chi connectivity index (χ2v) is 8.76. The Labute approximate surface area is 192 Å². The zero-order valence-electron chi connectivity index (χ0n) is 17.8. The van der Waals surface area contributed by atoms with Crippen molar-refractivity contribution < 1.29 is 13.9 Å². The lowest BCUT2D eigenvalue weighted by atomic mass is 10.0. The quantitative estimate of drug-likeness (QED) is 0.473. The molecule has 3 N–H and O–H groups in total. The minimum absolute atomic E-state index is 0.0888. The standard InChI is InChI=1S/C22H22FN7O2S/c1-30-20(19-5-4-14(24)13(23)10-32-19)17(9-27-30)28-21(31)18-11-33-22(29-18)12-7-16-15(26-8-12)3-2-6-25-16/h2-3,6-9,11,13-14,19H,4-5,10,24H2,1H3,(H,28,31)/t13-,14-,19+/m1/s1. The molecule has 170 valence electrons. The average molecular weight is 468 g/mol. The van der Waals surface area contributed by atoms with Crippen molar-refractivity contribution in [2.45, 2.75) is 31.2 Å². The first-order valence-electron chi connectivity index (χ1n) is 10.5. The summed E-state index contributed by atoms with van der Waals surface area (Å²) in [5.41, 5.74) is 9.64. The molecular formula is C22H22FN7O2S. The number of aryl methyl sites for hydroxylation is 1. The van der Waals surface area contributed by atoms with Crippen molar-refractivity contribution in [3.05, 3.63) is 53.6 Å². The number of nitrogens with two attached hydrogens (primary N) is 1. The fourth-order valence-corrected chi connectivity index (χ4v) is 4.63. The topological polar surface area (TPSA) is 121 Å². The molecule has 1 saturated heterocycles. The van der Waals surface area contributed by atoms with Crippen molar-refractivity contribution in [3.8, 4) is 10.6 Å². The van der Waals surface area contributed by atoms with Gasteiger partial charge in [-0.05, 0) is 31.0 Å². The number of amides is 1. The summed E-state index contributed by atoms with van der Waals surface area (Å²) in [7, 11) is 1.76. The van der Waals surface area contributed by atoms with Crippen molar-refractivity contribution in [2.75, 3.05) is 11.9 Å². The molecule has 9 nitrogen and oxygen atoms in total. The highest BCUT2D eigenvalue weighted by atomic mass is 32.1. The Morgan fingerprint density at radius 2 is 2.18 bits per heavy atom. The Morgan fingerprint density at radius 3 is 3.06 bits per heavy atom. The van der Waals surface area contributed by atoms with Crippen molar-refractivity contribution in [1.29, 1.82) is 0 Å². The van der Waals surface area contributed by atoms with Crippen molar-refractivity contribution in [1.82, 2.24) is 24.7 Å². The molecule has 5 heterocycles. The number of pyridine rings is 2. The van der Waals surface area contributed by atoms with Crippen molar-refractivity contribution in [2.24, 2.45) is 12.8 Å². The van der Waals surface area contributed by atoms with Gasteiger partial charge in [-0.1, -0.05) is 0 Å². The predicted octanol–water partition coefficient (Wildman–Crippen LogP) is 3.26. The van der Waals surface area contributed by atoms with Gasteiger partial charge in [0.25, 0.3) is 5.91 Å². The minimum atomic E-state index is -1.21. The molecule has 0 aliphatic carbocycles. The van der Waals surface area contributed by atoms with Crippen LogP contribution in [0.3, 0.4) is 0 Å². The molecule has 5 rings (SSSR count). The number of carbonyl (C=O) groups is 1. The van der Waals surface area contributed by atoms with E-state index < -0.39 is 18.3 Å². The Bertz CT molecular complexity index is 1290. The van der Waals surface area contributed by atoms with Crippen LogP contribution in [0.5, 0.6) is 0 Å². The molecule has 0 bridgehead atoms. The zero-order valence-corrected chi connectivity index (χ0v) is 18.6. The Kier molecular flexibility index (Phi) is 5.83. The summed E-state index contributed by atoms with van der Waals surface area (Å²) in [5.74, 6) is -0.368. The lowest BCUT2D eigenvalue weighted by molar-refractivity contribution is 0.0247. The molecule has 1 aliphatic heterocycles. The summed E-state index contributed by atoms with van der Waals surface area (Å²) in [5, 5.41) is 9.48. The maximum absolute atomic E-state index is 14.0. The van der Waals surface area contributed by atoms with Crippen LogP contribution in [-0.4, -0.2) is 49.5 Å². The molecule has 0 saturated carbocycles. The van der Waals surface area contributed by atoms with Crippen LogP contribution in [0.1, 0.15) is 35.1 Å². The smallest absolute Gasteiger partial charge is 0.275 e. The first kappa shape index (κ1) is 21.6. The number of thiazole rings is 1. The van der Waals surface area contributed by atoms with Gasteiger partial charge in [-0.3, -0.25) is 19.4 Å². The molecule has 0 aromatic carbocycles. The number of alkyl halides is 1. The van der Waals surface area contributed by atoms with Crippen molar-refractivity contribution >= 4 is 34.0 Å². The van der Waals surface area contributed by atoms with Crippen molar-refractivity contribution in [3.63, 3.8) is 0 Å². The third-order valence-corrected chi connectivity index (χ3v) is 6.55. The van der Waals surface area contributed by atoms with Crippen LogP contribution < -0.4 is 11.1 Å². The lowest BCUT2D eigenvalue weighted by Gasteiger charge is -2.17. The van der Waals surface area contributed by atoms with Gasteiger partial charge in [0, 0.05) is 36.4 Å². The van der Waals surface area contributed by atoms with E-state index in [4.69, 9.17) is 10.5 Å². The van der Waals surface area contributed by atoms with Crippen LogP contribution in [-0.2, 0) is 11.8 Å². The molecule has 4 aromatic heterocycles. The highest BCUT2D eigenvalue weighted by Gasteiger charge is 2.30. The summed E-state index contributed by atoms with van der Waals surface area (Å²) in [6, 6.07) is 5.05. The molecule has 0 spiro atoms. The molecule has 1 amide bonds. The molecule has 33 heavy (non-hydrogen) atoms. The van der Waals surface area contributed by atoms with E-state index in [1.807, 2.05) is 18.2 Å². The number of aromatic nitrogens is 5. The second-order valence-electron chi connectivity index (χ2n) is 7.90. The van der Waals surface area contributed by atoms with Gasteiger partial charge < -0.3 is 15.8 Å². The molecule has 1 aliphatic rings. The van der Waals surface area contributed by atoms with Gasteiger partial charge in [0.15, 0.2) is 0 Å². The van der Waals surface area contributed by atoms with Crippen LogP contribution in [0.15, 0.2) is 42.2 Å². The first-order valence-corrected chi connectivity index (χ1v) is 11.4. The molecule has 11 heteroatoms. The van der Waals surface area contributed by atoms with Gasteiger partial charge in [-0.2, -0.15) is 5.10 Å². The van der Waals surface area contributed by atoms with Gasteiger partial charge >= 0.3 is 0 Å². The summed E-state index contributed by atoms with van der Waals surface area (Å²) in [6.07, 6.45) is 4.37. The molecule has 0 unspecified atom stereocenters. The van der Waals surface area contributed by atoms with E-state index in [2.05, 4.69) is 25.4 Å². The maximum atomic E-state index is 14.0. The fraction of sp³-hybridized carbons (Fsp3) is 0.318. The largest absolute Gasteiger partial charge is 0.369 e. The number of fused-ring (bicyclic) bond motifs is 1. The highest BCUT2D eigenvalue weighted by Crippen LogP contribution is 2.33. The maximum Gasteiger partial charge on any atom is 0.275 e. The summed E-state index contributed by atoms with van der Waals surface area (Å²) in [6.45, 7) is -0.0888. The van der Waals surface area contributed by atoms with E-state index in [0.717, 1.165) is 16.6 Å². The second kappa shape index (κ2) is 8.93. The van der Waals surface area contributed by atoms with E-state index in [-0.39, 0.29) is 18.2 Å². The van der Waals surface area contributed by atoms with E-state index >= 15 is 0 Å². The lowest BCUT2D eigenvalue weighted by Crippen LogP contribution is -2.32. The average Bonchev–Trinajstić information content (AvgIpc) is 3.42. The fourth-order valence-electron chi connectivity index (χ4n) is 3.85. The summed E-state index contributed by atoms with van der Waals surface area (Å²) < 4.78 is 21.3. The van der Waals surface area contributed by atoms with E-state index in [0.29, 0.717) is 29.2 Å². The van der Waals surface area contributed by atoms with Crippen LogP contribution in [0, 0.1) is 0 Å². The number of nitrogens with zero attached hydrogens (tertiary/aromatic N) is 5. The van der Waals surface area contributed by atoms with E-state index in [1.54, 1.807) is 35.7 Å². The first-order chi connectivity index (χ1) is 16.0. The van der Waals surface area contributed by atoms with Crippen LogP contribution in [0.2, 0.25) is 0 Å². The highest BCUT2D eigenvalue weighted by molar-refractivity contribution is 7.13. The summed E-state index contributed by atoms with van der Waals surface area (Å²) >= 11 is 1.35. The molecule has 4 aromatic rings. The number of ether oxygens (including phenoxy) is 1. The normalized spacial score (nSPS) is 21.1. The Morgan fingerprint density at radius 1 is 1.30 bits per heavy atom. The zero-order chi connectivity index (χ0) is 22.9. The minimum Gasteiger partial charge on any atom is -0.369 e. The number of hydrogen-bond donors (Lipinski definition) is 2. The monoisotopic (exact) mass is 467 g/mol. The number of carbonyl (C=O) groups excluding carboxylic acids is 1. The number of anilines is 1. The van der Waals surface area contributed by atoms with E-state index in [1.165, 1.54) is 11.3 Å². The third-order valence-electron chi connectivity index (χ3n) is 5.66. The summed E-state index contributed by atoms with van der Waals surface area (Å²) in [4.78, 5) is 26.1. The Balaban J connectivity index is 1.35. The Hall–Kier alpha value is -3.28.